The molecule has 0 atom stereocenters. The average Bonchev–Trinajstić information content (AvgIpc) is 2.48. The molecule has 0 fully saturated rings. The van der Waals surface area contributed by atoms with E-state index in [1.165, 1.54) is 37.3 Å². The zero-order chi connectivity index (χ0) is 17.0. The lowest BCUT2D eigenvalue weighted by atomic mass is 10.1. The molecule has 0 aliphatic rings. The van der Waals surface area contributed by atoms with E-state index in [9.17, 15) is 23.7 Å². The lowest BCUT2D eigenvalue weighted by Gasteiger charge is -2.10. The van der Waals surface area contributed by atoms with Gasteiger partial charge in [0.15, 0.2) is 0 Å². The van der Waals surface area contributed by atoms with Crippen LogP contribution >= 0.6 is 11.8 Å². The Kier molecular flexibility index (Phi) is 5.28. The van der Waals surface area contributed by atoms with E-state index in [0.717, 1.165) is 0 Å². The molecule has 1 amide bonds. The van der Waals surface area contributed by atoms with Crippen molar-refractivity contribution < 1.29 is 18.5 Å². The van der Waals surface area contributed by atoms with Crippen molar-refractivity contribution in [2.75, 3.05) is 5.32 Å². The third kappa shape index (κ3) is 4.26. The molecule has 1 N–H and O–H groups in total. The molecule has 2 aromatic rings. The van der Waals surface area contributed by atoms with E-state index in [4.69, 9.17) is 0 Å². The van der Waals surface area contributed by atoms with Gasteiger partial charge in [0, 0.05) is 22.1 Å². The van der Waals surface area contributed by atoms with Gasteiger partial charge in [0.1, 0.15) is 0 Å². The summed E-state index contributed by atoms with van der Waals surface area (Å²) in [6.07, 6.45) is 0. The third-order valence-electron chi connectivity index (χ3n) is 3.01. The van der Waals surface area contributed by atoms with E-state index in [2.05, 4.69) is 5.32 Å². The van der Waals surface area contributed by atoms with Gasteiger partial charge in [-0.3, -0.25) is 14.9 Å². The molecule has 0 saturated carbocycles. The normalized spacial score (nSPS) is 10.6. The van der Waals surface area contributed by atoms with Gasteiger partial charge in [-0.15, -0.1) is 0 Å². The quantitative estimate of drug-likeness (QED) is 0.496. The minimum atomic E-state index is -2.60. The molecule has 0 unspecified atom stereocenters. The maximum absolute atomic E-state index is 12.5. The maximum Gasteiger partial charge on any atom is 0.288 e. The van der Waals surface area contributed by atoms with Gasteiger partial charge in [-0.2, -0.15) is 8.78 Å². The number of nitro benzene ring substituents is 1. The van der Waals surface area contributed by atoms with Crippen molar-refractivity contribution in [2.24, 2.45) is 0 Å². The molecular weight excluding hydrogens is 326 g/mol. The van der Waals surface area contributed by atoms with Crippen LogP contribution in [-0.4, -0.2) is 16.6 Å². The second-order valence-corrected chi connectivity index (χ2v) is 5.62. The van der Waals surface area contributed by atoms with Gasteiger partial charge < -0.3 is 5.32 Å². The monoisotopic (exact) mass is 338 g/mol. The molecule has 0 bridgehead atoms. The number of nitrogens with zero attached hydrogens (tertiary/aromatic N) is 1. The summed E-state index contributed by atoms with van der Waals surface area (Å²) in [5.74, 6) is -3.13. The number of amides is 1. The number of carbonyl (C=O) groups excluding carboxylic acids is 1. The van der Waals surface area contributed by atoms with Crippen molar-refractivity contribution in [1.82, 2.24) is 0 Å². The first-order chi connectivity index (χ1) is 10.9. The first kappa shape index (κ1) is 16.9. The highest BCUT2D eigenvalue weighted by Gasteiger charge is 2.16. The fourth-order valence-electron chi connectivity index (χ4n) is 1.96. The van der Waals surface area contributed by atoms with Gasteiger partial charge in [0.2, 0.25) is 0 Å². The number of aryl methyl sites for hydroxylation is 1. The highest BCUT2D eigenvalue weighted by Crippen LogP contribution is 2.32. The second-order valence-electron chi connectivity index (χ2n) is 4.59. The molecule has 5 nitrogen and oxygen atoms in total. The molecule has 0 saturated heterocycles. The Balaban J connectivity index is 2.23. The largest absolute Gasteiger partial charge is 0.321 e. The number of alkyl halides is 2. The molecule has 0 heterocycles. The fraction of sp³-hybridized carbons (Fsp3) is 0.133. The lowest BCUT2D eigenvalue weighted by Crippen LogP contribution is -2.13. The molecule has 2 rings (SSSR count). The topological polar surface area (TPSA) is 72.2 Å². The number of hydrogen-bond acceptors (Lipinski definition) is 4. The zero-order valence-corrected chi connectivity index (χ0v) is 12.8. The Morgan fingerprint density at radius 1 is 1.26 bits per heavy atom. The Morgan fingerprint density at radius 2 is 1.96 bits per heavy atom. The van der Waals surface area contributed by atoms with E-state index < -0.39 is 16.6 Å². The van der Waals surface area contributed by atoms with Crippen LogP contribution in [0, 0.1) is 17.0 Å². The van der Waals surface area contributed by atoms with E-state index in [-0.39, 0.29) is 21.8 Å². The molecule has 0 spiro atoms. The minimum absolute atomic E-state index is 0.0878. The SMILES string of the molecule is Cc1cc(C(=O)Nc2ccccc2SC(F)F)ccc1[N+](=O)[O-]. The summed E-state index contributed by atoms with van der Waals surface area (Å²) in [5, 5.41) is 13.3. The van der Waals surface area contributed by atoms with Crippen LogP contribution in [0.5, 0.6) is 0 Å². The Hall–Kier alpha value is -2.48. The number of rotatable bonds is 5. The van der Waals surface area contributed by atoms with Gasteiger partial charge in [0.05, 0.1) is 10.6 Å². The summed E-state index contributed by atoms with van der Waals surface area (Å²) >= 11 is 0.334. The number of anilines is 1. The molecular formula is C15H12F2N2O3S. The number of thioether (sulfide) groups is 1. The van der Waals surface area contributed by atoms with Crippen LogP contribution in [0.1, 0.15) is 15.9 Å². The third-order valence-corrected chi connectivity index (χ3v) is 3.80. The van der Waals surface area contributed by atoms with Crippen molar-refractivity contribution in [3.05, 3.63) is 63.7 Å². The highest BCUT2D eigenvalue weighted by atomic mass is 32.2. The summed E-state index contributed by atoms with van der Waals surface area (Å²) in [6, 6.07) is 10.2. The standard InChI is InChI=1S/C15H12F2N2O3S/c1-9-8-10(6-7-12(9)19(21)22)14(20)18-11-4-2-3-5-13(11)23-15(16)17/h2-8,15H,1H3,(H,18,20). The molecule has 120 valence electrons. The van der Waals surface area contributed by atoms with Gasteiger partial charge in [-0.05, 0) is 31.2 Å². The Bertz CT molecular complexity index is 753. The summed E-state index contributed by atoms with van der Waals surface area (Å²) in [4.78, 5) is 22.7. The molecule has 0 aliphatic carbocycles. The number of nitro groups is 1. The molecule has 0 aliphatic heterocycles. The molecule has 23 heavy (non-hydrogen) atoms. The Morgan fingerprint density at radius 3 is 2.57 bits per heavy atom. The maximum atomic E-state index is 12.5. The van der Waals surface area contributed by atoms with Gasteiger partial charge in [-0.25, -0.2) is 0 Å². The predicted octanol–water partition coefficient (Wildman–Crippen LogP) is 4.47. The lowest BCUT2D eigenvalue weighted by molar-refractivity contribution is -0.385. The molecule has 8 heteroatoms. The van der Waals surface area contributed by atoms with Crippen LogP contribution in [0.2, 0.25) is 0 Å². The van der Waals surface area contributed by atoms with Crippen LogP contribution in [0.3, 0.4) is 0 Å². The van der Waals surface area contributed by atoms with E-state index >= 15 is 0 Å². The van der Waals surface area contributed by atoms with E-state index in [1.54, 1.807) is 12.1 Å². The fourth-order valence-corrected chi connectivity index (χ4v) is 2.56. The average molecular weight is 338 g/mol. The number of nitrogens with one attached hydrogen (secondary N) is 1. The van der Waals surface area contributed by atoms with E-state index in [0.29, 0.717) is 17.3 Å². The second kappa shape index (κ2) is 7.19. The summed E-state index contributed by atoms with van der Waals surface area (Å²) in [7, 11) is 0. The van der Waals surface area contributed by atoms with Crippen LogP contribution in [-0.2, 0) is 0 Å². The van der Waals surface area contributed by atoms with Crippen molar-refractivity contribution in [3.63, 3.8) is 0 Å². The van der Waals surface area contributed by atoms with E-state index in [1.807, 2.05) is 0 Å². The van der Waals surface area contributed by atoms with Gasteiger partial charge in [0.25, 0.3) is 17.4 Å². The first-order valence-corrected chi connectivity index (χ1v) is 7.36. The molecule has 0 aromatic heterocycles. The van der Waals surface area contributed by atoms with Crippen molar-refractivity contribution >= 4 is 29.0 Å². The highest BCUT2D eigenvalue weighted by molar-refractivity contribution is 7.99. The van der Waals surface area contributed by atoms with Crippen molar-refractivity contribution in [3.8, 4) is 0 Å². The minimum Gasteiger partial charge on any atom is -0.321 e. The number of carbonyl (C=O) groups is 1. The number of benzene rings is 2. The first-order valence-electron chi connectivity index (χ1n) is 6.48. The van der Waals surface area contributed by atoms with Crippen LogP contribution < -0.4 is 5.32 Å². The molecule has 0 radical (unpaired) electrons. The van der Waals surface area contributed by atoms with Crippen LogP contribution in [0.15, 0.2) is 47.4 Å². The molecule has 2 aromatic carbocycles. The Labute approximate surface area is 134 Å². The predicted molar refractivity (Wildman–Crippen MR) is 84.1 cm³/mol. The van der Waals surface area contributed by atoms with Gasteiger partial charge in [-0.1, -0.05) is 23.9 Å². The summed E-state index contributed by atoms with van der Waals surface area (Å²) in [6.45, 7) is 1.52. The summed E-state index contributed by atoms with van der Waals surface area (Å²) < 4.78 is 25.0. The number of halogens is 2. The number of para-hydroxylation sites is 1. The van der Waals surface area contributed by atoms with Crippen LogP contribution in [0.25, 0.3) is 0 Å². The van der Waals surface area contributed by atoms with Crippen LogP contribution in [0.4, 0.5) is 20.2 Å². The van der Waals surface area contributed by atoms with Gasteiger partial charge >= 0.3 is 0 Å². The number of hydrogen-bond donors (Lipinski definition) is 1. The smallest absolute Gasteiger partial charge is 0.288 e. The van der Waals surface area contributed by atoms with Crippen molar-refractivity contribution in [2.45, 2.75) is 17.6 Å². The summed E-state index contributed by atoms with van der Waals surface area (Å²) in [5.41, 5.74) is 0.733. The zero-order valence-electron chi connectivity index (χ0n) is 12.0. The van der Waals surface area contributed by atoms with Crippen molar-refractivity contribution in [1.29, 1.82) is 0 Å².